The van der Waals surface area contributed by atoms with Gasteiger partial charge in [0.2, 0.25) is 15.9 Å². The Balaban J connectivity index is 1.71. The largest absolute Gasteiger partial charge is 0.339 e. The number of piperazine rings is 1. The van der Waals surface area contributed by atoms with Crippen molar-refractivity contribution in [3.8, 4) is 0 Å². The van der Waals surface area contributed by atoms with Gasteiger partial charge >= 0.3 is 0 Å². The summed E-state index contributed by atoms with van der Waals surface area (Å²) >= 11 is 0. The van der Waals surface area contributed by atoms with Crippen LogP contribution in [-0.4, -0.2) is 55.8 Å². The van der Waals surface area contributed by atoms with Crippen molar-refractivity contribution in [2.24, 2.45) is 11.7 Å². The highest BCUT2D eigenvalue weighted by atomic mass is 32.2. The van der Waals surface area contributed by atoms with Crippen LogP contribution in [0.15, 0.2) is 47.4 Å². The minimum atomic E-state index is -3.58. The van der Waals surface area contributed by atoms with E-state index in [1.807, 2.05) is 44.2 Å². The summed E-state index contributed by atoms with van der Waals surface area (Å²) in [4.78, 5) is 14.5. The van der Waals surface area contributed by atoms with Crippen LogP contribution in [-0.2, 0) is 14.8 Å². The standard InChI is InChI=1S/C20H27N3O3S/c1-3-15(2)19(21)20(24)22-10-12-23(13-11-22)27(25,26)18-9-8-16-6-4-5-7-17(16)14-18/h4-9,14-15,19H,3,10-13,21H2,1-2H3. The predicted octanol–water partition coefficient (Wildman–Crippen LogP) is 2.05. The lowest BCUT2D eigenvalue weighted by molar-refractivity contribution is -0.134. The van der Waals surface area contributed by atoms with Crippen molar-refractivity contribution in [1.82, 2.24) is 9.21 Å². The molecule has 3 rings (SSSR count). The lowest BCUT2D eigenvalue weighted by atomic mass is 9.99. The molecule has 1 aliphatic rings. The van der Waals surface area contributed by atoms with Crippen LogP contribution < -0.4 is 5.73 Å². The summed E-state index contributed by atoms with van der Waals surface area (Å²) in [5.41, 5.74) is 6.04. The van der Waals surface area contributed by atoms with Crippen LogP contribution in [0.2, 0.25) is 0 Å². The third-order valence-electron chi connectivity index (χ3n) is 5.45. The van der Waals surface area contributed by atoms with Crippen LogP contribution in [0.4, 0.5) is 0 Å². The van der Waals surface area contributed by atoms with Crippen LogP contribution in [0, 0.1) is 5.92 Å². The number of carbonyl (C=O) groups is 1. The molecule has 1 aliphatic heterocycles. The molecule has 27 heavy (non-hydrogen) atoms. The van der Waals surface area contributed by atoms with E-state index in [1.54, 1.807) is 17.0 Å². The molecule has 2 unspecified atom stereocenters. The summed E-state index contributed by atoms with van der Waals surface area (Å²) in [6.07, 6.45) is 0.837. The molecular formula is C20H27N3O3S. The van der Waals surface area contributed by atoms with Crippen LogP contribution in [0.25, 0.3) is 10.8 Å². The molecule has 2 N–H and O–H groups in total. The van der Waals surface area contributed by atoms with Crippen LogP contribution in [0.5, 0.6) is 0 Å². The number of hydrogen-bond donors (Lipinski definition) is 1. The number of hydrogen-bond acceptors (Lipinski definition) is 4. The SMILES string of the molecule is CCC(C)C(N)C(=O)N1CCN(S(=O)(=O)c2ccc3ccccc3c2)CC1. The Morgan fingerprint density at radius 2 is 1.70 bits per heavy atom. The van der Waals surface area contributed by atoms with Gasteiger partial charge in [-0.25, -0.2) is 8.42 Å². The first-order valence-electron chi connectivity index (χ1n) is 9.38. The Bertz CT molecular complexity index is 921. The number of carbonyl (C=O) groups excluding carboxylic acids is 1. The fraction of sp³-hybridized carbons (Fsp3) is 0.450. The van der Waals surface area contributed by atoms with Gasteiger partial charge in [-0.1, -0.05) is 50.6 Å². The van der Waals surface area contributed by atoms with Crippen molar-refractivity contribution < 1.29 is 13.2 Å². The molecule has 1 fully saturated rings. The van der Waals surface area contributed by atoms with Crippen molar-refractivity contribution in [2.75, 3.05) is 26.2 Å². The number of nitrogens with zero attached hydrogens (tertiary/aromatic N) is 2. The molecule has 7 heteroatoms. The third kappa shape index (κ3) is 4.00. The highest BCUT2D eigenvalue weighted by molar-refractivity contribution is 7.89. The number of fused-ring (bicyclic) bond motifs is 1. The van der Waals surface area contributed by atoms with Crippen molar-refractivity contribution in [2.45, 2.75) is 31.2 Å². The average molecular weight is 390 g/mol. The summed E-state index contributed by atoms with van der Waals surface area (Å²) in [6, 6.07) is 12.3. The molecule has 2 aromatic carbocycles. The van der Waals surface area contributed by atoms with Crippen LogP contribution in [0.3, 0.4) is 0 Å². The number of amides is 1. The molecule has 0 aromatic heterocycles. The predicted molar refractivity (Wildman–Crippen MR) is 107 cm³/mol. The smallest absolute Gasteiger partial charge is 0.243 e. The molecule has 0 aliphatic carbocycles. The lowest BCUT2D eigenvalue weighted by Crippen LogP contribution is -2.55. The Morgan fingerprint density at radius 3 is 2.33 bits per heavy atom. The molecule has 0 radical (unpaired) electrons. The molecule has 1 saturated heterocycles. The molecule has 1 amide bonds. The molecular weight excluding hydrogens is 362 g/mol. The maximum Gasteiger partial charge on any atom is 0.243 e. The van der Waals surface area contributed by atoms with Gasteiger partial charge in [-0.3, -0.25) is 4.79 Å². The fourth-order valence-electron chi connectivity index (χ4n) is 3.33. The first-order valence-corrected chi connectivity index (χ1v) is 10.8. The van der Waals surface area contributed by atoms with E-state index in [4.69, 9.17) is 5.73 Å². The molecule has 0 bridgehead atoms. The molecule has 0 saturated carbocycles. The molecule has 1 heterocycles. The zero-order valence-corrected chi connectivity index (χ0v) is 16.7. The Labute approximate surface area is 161 Å². The monoisotopic (exact) mass is 389 g/mol. The first kappa shape index (κ1) is 19.8. The summed E-state index contributed by atoms with van der Waals surface area (Å²) in [7, 11) is -3.58. The minimum Gasteiger partial charge on any atom is -0.339 e. The second kappa shape index (κ2) is 7.96. The van der Waals surface area contributed by atoms with Gasteiger partial charge in [-0.2, -0.15) is 4.31 Å². The molecule has 6 nitrogen and oxygen atoms in total. The van der Waals surface area contributed by atoms with E-state index in [-0.39, 0.29) is 29.8 Å². The van der Waals surface area contributed by atoms with Gasteiger partial charge in [0.1, 0.15) is 0 Å². The number of sulfonamides is 1. The normalized spacial score (nSPS) is 18.4. The quantitative estimate of drug-likeness (QED) is 0.848. The zero-order chi connectivity index (χ0) is 19.6. The van der Waals surface area contributed by atoms with Gasteiger partial charge in [-0.05, 0) is 28.8 Å². The van der Waals surface area contributed by atoms with E-state index < -0.39 is 16.1 Å². The number of rotatable bonds is 5. The number of nitrogens with two attached hydrogens (primary N) is 1. The Kier molecular flexibility index (Phi) is 5.83. The van der Waals surface area contributed by atoms with Gasteiger partial charge < -0.3 is 10.6 Å². The van der Waals surface area contributed by atoms with Gasteiger partial charge in [0, 0.05) is 26.2 Å². The highest BCUT2D eigenvalue weighted by Crippen LogP contribution is 2.23. The van der Waals surface area contributed by atoms with Crippen LogP contribution in [0.1, 0.15) is 20.3 Å². The summed E-state index contributed by atoms with van der Waals surface area (Å²) in [6.45, 7) is 5.28. The third-order valence-corrected chi connectivity index (χ3v) is 7.35. The highest BCUT2D eigenvalue weighted by Gasteiger charge is 2.32. The van der Waals surface area contributed by atoms with E-state index in [9.17, 15) is 13.2 Å². The van der Waals surface area contributed by atoms with E-state index in [2.05, 4.69) is 0 Å². The second-order valence-electron chi connectivity index (χ2n) is 7.15. The van der Waals surface area contributed by atoms with Crippen molar-refractivity contribution >= 4 is 26.7 Å². The maximum absolute atomic E-state index is 13.0. The van der Waals surface area contributed by atoms with E-state index >= 15 is 0 Å². The van der Waals surface area contributed by atoms with Crippen molar-refractivity contribution in [3.63, 3.8) is 0 Å². The van der Waals surface area contributed by atoms with Crippen molar-refractivity contribution in [3.05, 3.63) is 42.5 Å². The van der Waals surface area contributed by atoms with Gasteiger partial charge in [0.15, 0.2) is 0 Å². The van der Waals surface area contributed by atoms with Gasteiger partial charge in [0.25, 0.3) is 0 Å². The topological polar surface area (TPSA) is 83.7 Å². The van der Waals surface area contributed by atoms with Gasteiger partial charge in [0.05, 0.1) is 10.9 Å². The molecule has 0 spiro atoms. The minimum absolute atomic E-state index is 0.0906. The number of benzene rings is 2. The van der Waals surface area contributed by atoms with Crippen LogP contribution >= 0.6 is 0 Å². The fourth-order valence-corrected chi connectivity index (χ4v) is 4.79. The molecule has 2 atom stereocenters. The maximum atomic E-state index is 13.0. The summed E-state index contributed by atoms with van der Waals surface area (Å²) in [5.74, 6) is 0.0176. The van der Waals surface area contributed by atoms with E-state index in [0.29, 0.717) is 13.1 Å². The van der Waals surface area contributed by atoms with E-state index in [0.717, 1.165) is 17.2 Å². The average Bonchev–Trinajstić information content (AvgIpc) is 2.71. The Morgan fingerprint density at radius 1 is 1.07 bits per heavy atom. The second-order valence-corrected chi connectivity index (χ2v) is 9.09. The summed E-state index contributed by atoms with van der Waals surface area (Å²) < 4.78 is 27.4. The molecule has 146 valence electrons. The lowest BCUT2D eigenvalue weighted by Gasteiger charge is -2.36. The van der Waals surface area contributed by atoms with Gasteiger partial charge in [-0.15, -0.1) is 0 Å². The Hall–Kier alpha value is -1.96. The molecule has 2 aromatic rings. The van der Waals surface area contributed by atoms with E-state index in [1.165, 1.54) is 4.31 Å². The zero-order valence-electron chi connectivity index (χ0n) is 15.8. The summed E-state index contributed by atoms with van der Waals surface area (Å²) in [5, 5.41) is 1.90. The first-order chi connectivity index (χ1) is 12.8. The van der Waals surface area contributed by atoms with Crippen molar-refractivity contribution in [1.29, 1.82) is 0 Å².